The quantitative estimate of drug-likeness (QED) is 0.669. The van der Waals surface area contributed by atoms with Crippen LogP contribution in [0.3, 0.4) is 0 Å². The van der Waals surface area contributed by atoms with Crippen LogP contribution in [0.2, 0.25) is 0 Å². The highest BCUT2D eigenvalue weighted by atomic mass is 16.1. The number of hydrogen-bond donors (Lipinski definition) is 0. The van der Waals surface area contributed by atoms with Crippen molar-refractivity contribution in [2.75, 3.05) is 0 Å². The molecular formula is C11H12N2O. The van der Waals surface area contributed by atoms with Crippen molar-refractivity contribution in [1.82, 2.24) is 9.36 Å². The second kappa shape index (κ2) is 3.18. The summed E-state index contributed by atoms with van der Waals surface area (Å²) in [5.41, 5.74) is 0.906. The Morgan fingerprint density at radius 2 is 1.93 bits per heavy atom. The summed E-state index contributed by atoms with van der Waals surface area (Å²) in [7, 11) is 1.74. The molecule has 0 unspecified atom stereocenters. The van der Waals surface area contributed by atoms with Gasteiger partial charge in [0.15, 0.2) is 0 Å². The molecule has 0 spiro atoms. The number of rotatable bonds is 1. The molecule has 0 saturated carbocycles. The van der Waals surface area contributed by atoms with Gasteiger partial charge in [0.05, 0.1) is 8.43 Å². The van der Waals surface area contributed by atoms with Crippen molar-refractivity contribution in [2.24, 2.45) is 7.05 Å². The third kappa shape index (κ3) is 1.27. The molecule has 0 saturated heterocycles. The van der Waals surface area contributed by atoms with Crippen molar-refractivity contribution in [3.8, 4) is 5.69 Å². The number of nitrogens with zero attached hydrogens (tertiary/aromatic N) is 2. The lowest BCUT2D eigenvalue weighted by atomic mass is 10.3. The van der Waals surface area contributed by atoms with Gasteiger partial charge in [-0.15, -0.1) is 0 Å². The average Bonchev–Trinajstić information content (AvgIpc) is 2.44. The van der Waals surface area contributed by atoms with E-state index in [1.54, 1.807) is 29.9 Å². The van der Waals surface area contributed by atoms with Crippen LogP contribution < -0.4 is 5.56 Å². The van der Waals surface area contributed by atoms with Gasteiger partial charge in [-0.2, -0.15) is 0 Å². The molecule has 3 heteroatoms. The summed E-state index contributed by atoms with van der Waals surface area (Å²) in [6.07, 6.45) is 0. The minimum atomic E-state index is -0.215. The van der Waals surface area contributed by atoms with Gasteiger partial charge in [0.1, 0.15) is 0 Å². The smallest absolute Gasteiger partial charge is 0.271 e. The van der Waals surface area contributed by atoms with E-state index in [1.807, 2.05) is 6.92 Å². The highest BCUT2D eigenvalue weighted by Gasteiger charge is 2.05. The van der Waals surface area contributed by atoms with E-state index in [9.17, 15) is 4.79 Å². The minimum Gasteiger partial charge on any atom is -0.285 e. The molecule has 1 aromatic carbocycles. The van der Waals surface area contributed by atoms with Crippen LogP contribution in [0.15, 0.2) is 41.1 Å². The molecule has 0 fully saturated rings. The third-order valence-corrected chi connectivity index (χ3v) is 2.20. The Morgan fingerprint density at radius 3 is 2.43 bits per heavy atom. The Labute approximate surface area is 85.0 Å². The number of hydrogen-bond acceptors (Lipinski definition) is 1. The topological polar surface area (TPSA) is 26.9 Å². The molecule has 0 amide bonds. The van der Waals surface area contributed by atoms with Gasteiger partial charge in [-0.25, -0.2) is 4.68 Å². The highest BCUT2D eigenvalue weighted by molar-refractivity contribution is 5.30. The van der Waals surface area contributed by atoms with Crippen LogP contribution in [0.4, 0.5) is 0 Å². The predicted molar refractivity (Wildman–Crippen MR) is 55.7 cm³/mol. The zero-order valence-electron chi connectivity index (χ0n) is 10.1. The van der Waals surface area contributed by atoms with Gasteiger partial charge < -0.3 is 0 Å². The highest BCUT2D eigenvalue weighted by Crippen LogP contribution is 2.04. The van der Waals surface area contributed by atoms with Crippen LogP contribution in [0, 0.1) is 6.92 Å². The lowest BCUT2D eigenvalue weighted by molar-refractivity contribution is 0.630. The fourth-order valence-electron chi connectivity index (χ4n) is 1.37. The molecule has 0 bridgehead atoms. The first-order chi connectivity index (χ1) is 7.52. The van der Waals surface area contributed by atoms with Crippen molar-refractivity contribution in [3.63, 3.8) is 0 Å². The second-order valence-electron chi connectivity index (χ2n) is 3.12. The Bertz CT molecular complexity index is 578. The second-order valence-corrected chi connectivity index (χ2v) is 3.12. The van der Waals surface area contributed by atoms with Crippen molar-refractivity contribution in [3.05, 3.63) is 52.4 Å². The first-order valence-electron chi connectivity index (χ1n) is 5.34. The third-order valence-electron chi connectivity index (χ3n) is 2.20. The SMILES string of the molecule is [2H]c1cccc([2H])c1-n1c(=O)cc(C)n1C. The van der Waals surface area contributed by atoms with E-state index in [-0.39, 0.29) is 17.6 Å². The monoisotopic (exact) mass is 190 g/mol. The van der Waals surface area contributed by atoms with Crippen molar-refractivity contribution in [2.45, 2.75) is 6.92 Å². The summed E-state index contributed by atoms with van der Waals surface area (Å²) in [6, 6.07) is 6.62. The van der Waals surface area contributed by atoms with Gasteiger partial charge in [0.25, 0.3) is 5.56 Å². The molecule has 0 aliphatic heterocycles. The van der Waals surface area contributed by atoms with E-state index < -0.39 is 0 Å². The van der Waals surface area contributed by atoms with Crippen LogP contribution in [0.5, 0.6) is 0 Å². The number of para-hydroxylation sites is 1. The Balaban J connectivity index is 2.82. The van der Waals surface area contributed by atoms with Crippen LogP contribution in [0.25, 0.3) is 5.69 Å². The maximum atomic E-state index is 11.7. The van der Waals surface area contributed by atoms with Gasteiger partial charge in [-0.1, -0.05) is 18.2 Å². The summed E-state index contributed by atoms with van der Waals surface area (Å²) in [5, 5.41) is 0. The molecule has 3 nitrogen and oxygen atoms in total. The van der Waals surface area contributed by atoms with Crippen molar-refractivity contribution < 1.29 is 2.74 Å². The van der Waals surface area contributed by atoms with E-state index in [0.717, 1.165) is 5.69 Å². The molecule has 0 aliphatic rings. The number of benzene rings is 1. The van der Waals surface area contributed by atoms with E-state index >= 15 is 0 Å². The molecule has 1 aromatic heterocycles. The molecule has 1 heterocycles. The summed E-state index contributed by atoms with van der Waals surface area (Å²) in [5.74, 6) is 0. The molecular weight excluding hydrogens is 176 g/mol. The first-order valence-corrected chi connectivity index (χ1v) is 4.34. The van der Waals surface area contributed by atoms with Crippen LogP contribution >= 0.6 is 0 Å². The lowest BCUT2D eigenvalue weighted by Crippen LogP contribution is -2.18. The fraction of sp³-hybridized carbons (Fsp3) is 0.182. The largest absolute Gasteiger partial charge is 0.285 e. The summed E-state index contributed by atoms with van der Waals surface area (Å²) < 4.78 is 18.5. The standard InChI is InChI=1S/C11H12N2O/c1-9-8-11(14)13(12(9)2)10-6-4-3-5-7-10/h3-8H,1-2H3/i6D,7D. The lowest BCUT2D eigenvalue weighted by Gasteiger charge is -2.07. The Kier molecular flexibility index (Phi) is 1.51. The predicted octanol–water partition coefficient (Wildman–Crippen LogP) is 1.48. The van der Waals surface area contributed by atoms with Crippen LogP contribution in [-0.4, -0.2) is 9.36 Å². The van der Waals surface area contributed by atoms with Crippen molar-refractivity contribution >= 4 is 0 Å². The van der Waals surface area contributed by atoms with Crippen molar-refractivity contribution in [1.29, 1.82) is 0 Å². The molecule has 0 aliphatic carbocycles. The minimum absolute atomic E-state index is 0.177. The van der Waals surface area contributed by atoms with E-state index in [1.165, 1.54) is 10.7 Å². The van der Waals surface area contributed by atoms with E-state index in [0.29, 0.717) is 5.69 Å². The fourth-order valence-corrected chi connectivity index (χ4v) is 1.37. The molecule has 72 valence electrons. The normalized spacial score (nSPS) is 12.4. The number of aryl methyl sites for hydroxylation is 1. The average molecular weight is 190 g/mol. The summed E-state index contributed by atoms with van der Waals surface area (Å²) in [6.45, 7) is 1.81. The summed E-state index contributed by atoms with van der Waals surface area (Å²) >= 11 is 0. The first kappa shape index (κ1) is 6.65. The maximum absolute atomic E-state index is 11.7. The maximum Gasteiger partial charge on any atom is 0.271 e. The molecule has 2 aromatic rings. The Hall–Kier alpha value is -1.77. The van der Waals surface area contributed by atoms with Gasteiger partial charge in [-0.3, -0.25) is 9.48 Å². The Morgan fingerprint density at radius 1 is 1.29 bits per heavy atom. The van der Waals surface area contributed by atoms with Crippen LogP contribution in [0.1, 0.15) is 8.44 Å². The van der Waals surface area contributed by atoms with Crippen LogP contribution in [-0.2, 0) is 7.05 Å². The van der Waals surface area contributed by atoms with Gasteiger partial charge in [-0.05, 0) is 19.0 Å². The summed E-state index contributed by atoms with van der Waals surface area (Å²) in [4.78, 5) is 11.7. The molecule has 14 heavy (non-hydrogen) atoms. The van der Waals surface area contributed by atoms with Gasteiger partial charge in [0, 0.05) is 18.8 Å². The van der Waals surface area contributed by atoms with E-state index in [2.05, 4.69) is 0 Å². The van der Waals surface area contributed by atoms with Gasteiger partial charge >= 0.3 is 0 Å². The molecule has 2 rings (SSSR count). The number of aromatic nitrogens is 2. The molecule has 0 radical (unpaired) electrons. The molecule has 0 atom stereocenters. The van der Waals surface area contributed by atoms with Gasteiger partial charge in [0.2, 0.25) is 0 Å². The molecule has 0 N–H and O–H groups in total. The zero-order valence-corrected chi connectivity index (χ0v) is 8.11. The van der Waals surface area contributed by atoms with E-state index in [4.69, 9.17) is 2.74 Å². The zero-order chi connectivity index (χ0) is 11.9.